The Morgan fingerprint density at radius 3 is 2.87 bits per heavy atom. The molecule has 0 radical (unpaired) electrons. The van der Waals surface area contributed by atoms with E-state index in [9.17, 15) is 9.18 Å². The second kappa shape index (κ2) is 8.71. The van der Waals surface area contributed by atoms with Gasteiger partial charge in [0.25, 0.3) is 0 Å². The Kier molecular flexibility index (Phi) is 5.67. The van der Waals surface area contributed by atoms with Gasteiger partial charge in [0.2, 0.25) is 5.43 Å². The summed E-state index contributed by atoms with van der Waals surface area (Å²) < 4.78 is 15.6. The summed E-state index contributed by atoms with van der Waals surface area (Å²) in [5.41, 5.74) is 2.44. The van der Waals surface area contributed by atoms with Gasteiger partial charge in [0.1, 0.15) is 17.8 Å². The van der Waals surface area contributed by atoms with E-state index in [0.717, 1.165) is 30.2 Å². The predicted molar refractivity (Wildman–Crippen MR) is 114 cm³/mol. The lowest BCUT2D eigenvalue weighted by Gasteiger charge is -2.06. The number of benzene rings is 2. The Morgan fingerprint density at radius 2 is 2.06 bits per heavy atom. The molecule has 0 saturated carbocycles. The molecular weight excluding hydrogens is 395 g/mol. The van der Waals surface area contributed by atoms with Crippen LogP contribution in [0.15, 0.2) is 59.8 Å². The van der Waals surface area contributed by atoms with Crippen molar-refractivity contribution in [3.05, 3.63) is 87.9 Å². The second-order valence-corrected chi connectivity index (χ2v) is 7.12. The van der Waals surface area contributed by atoms with Crippen LogP contribution in [0.3, 0.4) is 0 Å². The number of H-pyrrole nitrogens is 1. The molecule has 0 saturated heterocycles. The fraction of sp³-hybridized carbons (Fsp3) is 0.174. The van der Waals surface area contributed by atoms with E-state index in [1.54, 1.807) is 11.0 Å². The van der Waals surface area contributed by atoms with Crippen molar-refractivity contribution in [2.24, 2.45) is 0 Å². The first-order valence-corrected chi connectivity index (χ1v) is 9.84. The third-order valence-electron chi connectivity index (χ3n) is 4.80. The summed E-state index contributed by atoms with van der Waals surface area (Å²) in [6.07, 6.45) is 4.38. The van der Waals surface area contributed by atoms with Crippen LogP contribution in [0.1, 0.15) is 30.2 Å². The van der Waals surface area contributed by atoms with Crippen molar-refractivity contribution in [3.63, 3.8) is 0 Å². The summed E-state index contributed by atoms with van der Waals surface area (Å²) in [6.45, 7) is 2.87. The minimum Gasteiger partial charge on any atom is -0.287 e. The zero-order valence-corrected chi connectivity index (χ0v) is 16.8. The highest BCUT2D eigenvalue weighted by Gasteiger charge is 2.13. The summed E-state index contributed by atoms with van der Waals surface area (Å²) >= 11 is 0. The molecule has 0 unspecified atom stereocenters. The van der Waals surface area contributed by atoms with Gasteiger partial charge in [-0.2, -0.15) is 15.5 Å². The first-order valence-electron chi connectivity index (χ1n) is 9.84. The molecular formula is C23H19FN6O. The number of aromatic amines is 1. The molecule has 0 amide bonds. The molecule has 0 aliphatic heterocycles. The Morgan fingerprint density at radius 1 is 1.19 bits per heavy atom. The van der Waals surface area contributed by atoms with Crippen molar-refractivity contribution in [2.45, 2.75) is 26.3 Å². The van der Waals surface area contributed by atoms with E-state index in [1.807, 2.05) is 30.3 Å². The Bertz CT molecular complexity index is 1330. The predicted octanol–water partition coefficient (Wildman–Crippen LogP) is 3.71. The zero-order valence-electron chi connectivity index (χ0n) is 16.8. The number of hydrogen-bond acceptors (Lipinski definition) is 5. The number of nitrogens with zero attached hydrogens (tertiary/aromatic N) is 5. The average Bonchev–Trinajstić information content (AvgIpc) is 3.24. The Labute approximate surface area is 177 Å². The highest BCUT2D eigenvalue weighted by molar-refractivity contribution is 5.65. The SMILES string of the molecule is CCCn1cnc(-c2cccc(Cc3n[nH]cc(-c4cc(F)cc(C#N)c4)c3=O)c2)n1. The number of halogens is 1. The molecule has 0 atom stereocenters. The van der Waals surface area contributed by atoms with Gasteiger partial charge in [-0.05, 0) is 41.8 Å². The van der Waals surface area contributed by atoms with E-state index >= 15 is 0 Å². The minimum atomic E-state index is -0.575. The average molecular weight is 414 g/mol. The molecule has 2 heterocycles. The van der Waals surface area contributed by atoms with Crippen molar-refractivity contribution in [2.75, 3.05) is 0 Å². The van der Waals surface area contributed by atoms with E-state index in [-0.39, 0.29) is 23.0 Å². The molecule has 0 fully saturated rings. The lowest BCUT2D eigenvalue weighted by Crippen LogP contribution is -2.15. The van der Waals surface area contributed by atoms with Crippen LogP contribution in [0, 0.1) is 17.1 Å². The maximum Gasteiger partial charge on any atom is 0.211 e. The van der Waals surface area contributed by atoms with Gasteiger partial charge in [0.15, 0.2) is 5.82 Å². The van der Waals surface area contributed by atoms with Gasteiger partial charge in [-0.15, -0.1) is 0 Å². The molecule has 0 bridgehead atoms. The summed E-state index contributed by atoms with van der Waals surface area (Å²) in [6, 6.07) is 13.4. The first kappa shape index (κ1) is 20.2. The minimum absolute atomic E-state index is 0.149. The van der Waals surface area contributed by atoms with E-state index in [1.165, 1.54) is 18.3 Å². The van der Waals surface area contributed by atoms with Gasteiger partial charge in [-0.25, -0.2) is 9.37 Å². The number of rotatable bonds is 6. The molecule has 31 heavy (non-hydrogen) atoms. The number of nitriles is 1. The van der Waals surface area contributed by atoms with Gasteiger partial charge in [-0.1, -0.05) is 25.1 Å². The number of aryl methyl sites for hydroxylation is 1. The number of hydrogen-bond donors (Lipinski definition) is 1. The van der Waals surface area contributed by atoms with Crippen LogP contribution in [-0.4, -0.2) is 25.0 Å². The number of nitrogens with one attached hydrogen (secondary N) is 1. The van der Waals surface area contributed by atoms with Gasteiger partial charge < -0.3 is 0 Å². The van der Waals surface area contributed by atoms with Gasteiger partial charge >= 0.3 is 0 Å². The van der Waals surface area contributed by atoms with Crippen LogP contribution in [0.2, 0.25) is 0 Å². The van der Waals surface area contributed by atoms with Crippen LogP contribution < -0.4 is 5.43 Å². The summed E-state index contributed by atoms with van der Waals surface area (Å²) in [5, 5.41) is 20.4. The van der Waals surface area contributed by atoms with E-state index < -0.39 is 5.82 Å². The van der Waals surface area contributed by atoms with E-state index in [2.05, 4.69) is 27.2 Å². The van der Waals surface area contributed by atoms with Crippen molar-refractivity contribution < 1.29 is 4.39 Å². The summed E-state index contributed by atoms with van der Waals surface area (Å²) in [4.78, 5) is 17.4. The molecule has 2 aromatic carbocycles. The maximum atomic E-state index is 13.8. The standard InChI is InChI=1S/C23H19FN6O/c1-2-6-30-14-26-23(29-30)17-5-3-4-15(7-17)10-21-22(31)20(13-27-28-21)18-8-16(12-25)9-19(24)11-18/h3-5,7-9,11,13-14H,2,6,10H2,1H3,(H,27,31). The topological polar surface area (TPSA) is 100 Å². The first-order chi connectivity index (χ1) is 15.1. The summed E-state index contributed by atoms with van der Waals surface area (Å²) in [5.74, 6) is 0.0456. The molecule has 4 aromatic rings. The van der Waals surface area contributed by atoms with Crippen LogP contribution in [-0.2, 0) is 13.0 Å². The number of aromatic nitrogens is 5. The molecule has 0 aliphatic rings. The van der Waals surface area contributed by atoms with Crippen LogP contribution >= 0.6 is 0 Å². The third-order valence-corrected chi connectivity index (χ3v) is 4.80. The fourth-order valence-electron chi connectivity index (χ4n) is 3.37. The van der Waals surface area contributed by atoms with Gasteiger partial charge in [-0.3, -0.25) is 14.6 Å². The Hall–Kier alpha value is -4.12. The monoisotopic (exact) mass is 414 g/mol. The van der Waals surface area contributed by atoms with E-state index in [0.29, 0.717) is 17.1 Å². The van der Waals surface area contributed by atoms with Crippen molar-refractivity contribution in [3.8, 4) is 28.6 Å². The van der Waals surface area contributed by atoms with Crippen molar-refractivity contribution in [1.29, 1.82) is 5.26 Å². The molecule has 0 aliphatic carbocycles. The normalized spacial score (nSPS) is 10.7. The largest absolute Gasteiger partial charge is 0.287 e. The van der Waals surface area contributed by atoms with Gasteiger partial charge in [0.05, 0.1) is 11.6 Å². The van der Waals surface area contributed by atoms with Gasteiger partial charge in [0, 0.05) is 30.3 Å². The molecule has 8 heteroatoms. The molecule has 0 spiro atoms. The quantitative estimate of drug-likeness (QED) is 0.518. The molecule has 154 valence electrons. The molecule has 1 N–H and O–H groups in total. The lowest BCUT2D eigenvalue weighted by molar-refractivity contribution is 0.602. The van der Waals surface area contributed by atoms with Crippen molar-refractivity contribution >= 4 is 0 Å². The van der Waals surface area contributed by atoms with Crippen LogP contribution in [0.5, 0.6) is 0 Å². The summed E-state index contributed by atoms with van der Waals surface area (Å²) in [7, 11) is 0. The van der Waals surface area contributed by atoms with Crippen LogP contribution in [0.25, 0.3) is 22.5 Å². The highest BCUT2D eigenvalue weighted by Crippen LogP contribution is 2.20. The second-order valence-electron chi connectivity index (χ2n) is 7.12. The van der Waals surface area contributed by atoms with Crippen molar-refractivity contribution in [1.82, 2.24) is 25.0 Å². The lowest BCUT2D eigenvalue weighted by atomic mass is 10.0. The highest BCUT2D eigenvalue weighted by atomic mass is 19.1. The zero-order chi connectivity index (χ0) is 21.8. The van der Waals surface area contributed by atoms with E-state index in [4.69, 9.17) is 5.26 Å². The maximum absolute atomic E-state index is 13.8. The Balaban J connectivity index is 1.65. The third kappa shape index (κ3) is 4.41. The molecule has 2 aromatic heterocycles. The molecule has 7 nitrogen and oxygen atoms in total. The van der Waals surface area contributed by atoms with Crippen LogP contribution in [0.4, 0.5) is 4.39 Å². The smallest absolute Gasteiger partial charge is 0.211 e. The fourth-order valence-corrected chi connectivity index (χ4v) is 3.37. The molecule has 4 rings (SSSR count).